The van der Waals surface area contributed by atoms with Crippen LogP contribution in [0.2, 0.25) is 0 Å². The first-order valence-corrected chi connectivity index (χ1v) is 12.9. The number of aliphatic carboxylic acids is 2. The molecule has 0 heterocycles. The molecule has 0 saturated heterocycles. The highest BCUT2D eigenvalue weighted by Gasteiger charge is 2.42. The molecule has 1 atom stereocenters. The van der Waals surface area contributed by atoms with Crippen molar-refractivity contribution in [3.05, 3.63) is 0 Å². The maximum absolute atomic E-state index is 12.4. The fourth-order valence-corrected chi connectivity index (χ4v) is 4.66. The molecule has 30 heavy (non-hydrogen) atoms. The smallest absolute Gasteiger partial charge is 0.309 e. The molecule has 0 aromatic heterocycles. The standard InChI is InChI=1S/C26H50O4/c1-4-6-8-17-21-26(25(29)30,22-18-9-7-5-2)23(3)19-15-13-11-10-12-14-16-20-24(27)28/h23H,4-22H2,1-3H3,(H,27,28)(H,29,30). The molecule has 0 amide bonds. The third-order valence-corrected chi connectivity index (χ3v) is 6.85. The molecular formula is C26H50O4. The van der Waals surface area contributed by atoms with E-state index < -0.39 is 17.4 Å². The highest BCUT2D eigenvalue weighted by Crippen LogP contribution is 2.42. The normalized spacial score (nSPS) is 12.8. The van der Waals surface area contributed by atoms with Gasteiger partial charge < -0.3 is 10.2 Å². The highest BCUT2D eigenvalue weighted by atomic mass is 16.4. The van der Waals surface area contributed by atoms with Gasteiger partial charge in [0.1, 0.15) is 0 Å². The second-order valence-corrected chi connectivity index (χ2v) is 9.39. The van der Waals surface area contributed by atoms with Crippen LogP contribution in [-0.4, -0.2) is 22.2 Å². The van der Waals surface area contributed by atoms with Crippen LogP contribution in [0.1, 0.15) is 143 Å². The van der Waals surface area contributed by atoms with Crippen LogP contribution in [0.3, 0.4) is 0 Å². The summed E-state index contributed by atoms with van der Waals surface area (Å²) in [4.78, 5) is 23.0. The van der Waals surface area contributed by atoms with Gasteiger partial charge in [0.25, 0.3) is 0 Å². The first kappa shape index (κ1) is 28.9. The average molecular weight is 427 g/mol. The van der Waals surface area contributed by atoms with E-state index >= 15 is 0 Å². The third kappa shape index (κ3) is 13.3. The monoisotopic (exact) mass is 426 g/mol. The zero-order chi connectivity index (χ0) is 22.7. The van der Waals surface area contributed by atoms with Crippen LogP contribution in [-0.2, 0) is 9.59 Å². The minimum Gasteiger partial charge on any atom is -0.481 e. The van der Waals surface area contributed by atoms with E-state index in [9.17, 15) is 14.7 Å². The molecule has 0 fully saturated rings. The molecule has 0 spiro atoms. The Morgan fingerprint density at radius 1 is 0.667 bits per heavy atom. The lowest BCUT2D eigenvalue weighted by Crippen LogP contribution is -2.38. The number of unbranched alkanes of at least 4 members (excludes halogenated alkanes) is 12. The Balaban J connectivity index is 4.46. The van der Waals surface area contributed by atoms with E-state index in [4.69, 9.17) is 5.11 Å². The van der Waals surface area contributed by atoms with E-state index in [-0.39, 0.29) is 12.3 Å². The Bertz CT molecular complexity index is 421. The van der Waals surface area contributed by atoms with Crippen LogP contribution in [0.25, 0.3) is 0 Å². The first-order valence-electron chi connectivity index (χ1n) is 12.9. The highest BCUT2D eigenvalue weighted by molar-refractivity contribution is 5.75. The van der Waals surface area contributed by atoms with E-state index in [1.54, 1.807) is 0 Å². The Morgan fingerprint density at radius 3 is 1.53 bits per heavy atom. The third-order valence-electron chi connectivity index (χ3n) is 6.85. The van der Waals surface area contributed by atoms with Gasteiger partial charge in [-0.25, -0.2) is 0 Å². The molecule has 0 aliphatic rings. The summed E-state index contributed by atoms with van der Waals surface area (Å²) in [5.74, 6) is -1.04. The van der Waals surface area contributed by atoms with Gasteiger partial charge >= 0.3 is 11.9 Å². The number of carbonyl (C=O) groups is 2. The largest absolute Gasteiger partial charge is 0.481 e. The number of carboxylic acids is 2. The van der Waals surface area contributed by atoms with Crippen molar-refractivity contribution in [2.24, 2.45) is 11.3 Å². The van der Waals surface area contributed by atoms with Crippen LogP contribution in [0.5, 0.6) is 0 Å². The van der Waals surface area contributed by atoms with Gasteiger partial charge in [0, 0.05) is 6.42 Å². The van der Waals surface area contributed by atoms with Gasteiger partial charge in [-0.1, -0.05) is 111 Å². The zero-order valence-electron chi connectivity index (χ0n) is 20.2. The van der Waals surface area contributed by atoms with Crippen molar-refractivity contribution in [1.82, 2.24) is 0 Å². The van der Waals surface area contributed by atoms with Crippen molar-refractivity contribution in [1.29, 1.82) is 0 Å². The molecule has 0 radical (unpaired) electrons. The van der Waals surface area contributed by atoms with Gasteiger partial charge in [-0.05, 0) is 31.6 Å². The van der Waals surface area contributed by atoms with Crippen molar-refractivity contribution in [2.75, 3.05) is 0 Å². The maximum atomic E-state index is 12.4. The van der Waals surface area contributed by atoms with Crippen LogP contribution >= 0.6 is 0 Å². The molecule has 4 nitrogen and oxygen atoms in total. The molecule has 4 heteroatoms. The van der Waals surface area contributed by atoms with E-state index in [1.807, 2.05) is 0 Å². The summed E-state index contributed by atoms with van der Waals surface area (Å²) in [5.41, 5.74) is -0.543. The predicted molar refractivity (Wildman–Crippen MR) is 126 cm³/mol. The van der Waals surface area contributed by atoms with E-state index in [0.717, 1.165) is 83.5 Å². The second-order valence-electron chi connectivity index (χ2n) is 9.39. The topological polar surface area (TPSA) is 74.6 Å². The van der Waals surface area contributed by atoms with Crippen LogP contribution in [0.4, 0.5) is 0 Å². The summed E-state index contributed by atoms with van der Waals surface area (Å²) in [6, 6.07) is 0. The summed E-state index contributed by atoms with van der Waals surface area (Å²) in [6.07, 6.45) is 19.6. The van der Waals surface area contributed by atoms with Crippen molar-refractivity contribution >= 4 is 11.9 Å². The minimum absolute atomic E-state index is 0.230. The quantitative estimate of drug-likeness (QED) is 0.171. The van der Waals surface area contributed by atoms with Crippen LogP contribution in [0, 0.1) is 11.3 Å². The van der Waals surface area contributed by atoms with E-state index in [0.29, 0.717) is 0 Å². The molecule has 178 valence electrons. The van der Waals surface area contributed by atoms with Crippen molar-refractivity contribution in [3.8, 4) is 0 Å². The van der Waals surface area contributed by atoms with Gasteiger partial charge in [-0.15, -0.1) is 0 Å². The Labute approximate surface area is 186 Å². The van der Waals surface area contributed by atoms with E-state index in [1.165, 1.54) is 32.1 Å². The van der Waals surface area contributed by atoms with Crippen LogP contribution in [0.15, 0.2) is 0 Å². The van der Waals surface area contributed by atoms with Crippen LogP contribution < -0.4 is 0 Å². The number of hydrogen-bond acceptors (Lipinski definition) is 2. The van der Waals surface area contributed by atoms with Crippen molar-refractivity contribution in [3.63, 3.8) is 0 Å². The Morgan fingerprint density at radius 2 is 1.10 bits per heavy atom. The van der Waals surface area contributed by atoms with Crippen molar-refractivity contribution in [2.45, 2.75) is 143 Å². The fourth-order valence-electron chi connectivity index (χ4n) is 4.66. The number of hydrogen-bond donors (Lipinski definition) is 2. The predicted octanol–water partition coefficient (Wildman–Crippen LogP) is 8.23. The molecule has 0 aliphatic carbocycles. The second kappa shape index (κ2) is 18.7. The molecule has 2 N–H and O–H groups in total. The van der Waals surface area contributed by atoms with Crippen molar-refractivity contribution < 1.29 is 19.8 Å². The van der Waals surface area contributed by atoms with E-state index in [2.05, 4.69) is 20.8 Å². The molecule has 0 aromatic rings. The lowest BCUT2D eigenvalue weighted by molar-refractivity contribution is -0.154. The molecule has 1 unspecified atom stereocenters. The molecule has 0 aliphatic heterocycles. The first-order chi connectivity index (χ1) is 14.4. The minimum atomic E-state index is -0.699. The summed E-state index contributed by atoms with van der Waals surface area (Å²) in [5, 5.41) is 18.9. The lowest BCUT2D eigenvalue weighted by atomic mass is 9.67. The molecule has 0 rings (SSSR count). The summed E-state index contributed by atoms with van der Waals surface area (Å²) in [6.45, 7) is 6.58. The average Bonchev–Trinajstić information content (AvgIpc) is 2.70. The van der Waals surface area contributed by atoms with Gasteiger partial charge in [0.2, 0.25) is 0 Å². The fraction of sp³-hybridized carbons (Fsp3) is 0.923. The summed E-state index contributed by atoms with van der Waals surface area (Å²) >= 11 is 0. The number of carboxylic acid groups (broad SMARTS) is 2. The van der Waals surface area contributed by atoms with Gasteiger partial charge in [-0.3, -0.25) is 9.59 Å². The Hall–Kier alpha value is -1.06. The molecular weight excluding hydrogens is 376 g/mol. The SMILES string of the molecule is CCCCCCC(CCCCCC)(C(=O)O)C(C)CCCCCCCCCC(=O)O. The maximum Gasteiger partial charge on any atom is 0.309 e. The molecule has 0 aromatic carbocycles. The molecule has 0 saturated carbocycles. The van der Waals surface area contributed by atoms with Gasteiger partial charge in [-0.2, -0.15) is 0 Å². The van der Waals surface area contributed by atoms with Gasteiger partial charge in [0.05, 0.1) is 5.41 Å². The molecule has 0 bridgehead atoms. The lowest BCUT2D eigenvalue weighted by Gasteiger charge is -2.36. The van der Waals surface area contributed by atoms with Gasteiger partial charge in [0.15, 0.2) is 0 Å². The summed E-state index contributed by atoms with van der Waals surface area (Å²) < 4.78 is 0. The zero-order valence-corrected chi connectivity index (χ0v) is 20.2. The Kier molecular flexibility index (Phi) is 18.0. The summed E-state index contributed by atoms with van der Waals surface area (Å²) in [7, 11) is 0. The number of rotatable bonds is 22.